The molecule has 0 aromatic heterocycles. The lowest BCUT2D eigenvalue weighted by Gasteiger charge is -2.38. The van der Waals surface area contributed by atoms with Crippen molar-refractivity contribution in [2.45, 2.75) is 13.3 Å². The largest absolute Gasteiger partial charge is 0.368 e. The zero-order valence-corrected chi connectivity index (χ0v) is 14.8. The highest BCUT2D eigenvalue weighted by atomic mass is 32.1. The summed E-state index contributed by atoms with van der Waals surface area (Å²) in [6.07, 6.45) is 1.12. The molecule has 1 aliphatic rings. The fraction of sp³-hybridized carbons (Fsp3) is 0.588. The van der Waals surface area contributed by atoms with Gasteiger partial charge in [-0.3, -0.25) is 0 Å². The number of rotatable bonds is 5. The van der Waals surface area contributed by atoms with E-state index < -0.39 is 0 Å². The number of para-hydroxylation sites is 1. The van der Waals surface area contributed by atoms with Crippen LogP contribution in [0.3, 0.4) is 0 Å². The zero-order chi connectivity index (χ0) is 15.9. The normalized spacial score (nSPS) is 15.3. The van der Waals surface area contributed by atoms with Crippen molar-refractivity contribution in [3.05, 3.63) is 29.8 Å². The summed E-state index contributed by atoms with van der Waals surface area (Å²) in [6, 6.07) is 8.61. The quantitative estimate of drug-likeness (QED) is 0.659. The smallest absolute Gasteiger partial charge is 0.169 e. The Bertz CT molecular complexity index is 481. The van der Waals surface area contributed by atoms with Gasteiger partial charge in [-0.05, 0) is 57.8 Å². The van der Waals surface area contributed by atoms with Gasteiger partial charge in [-0.15, -0.1) is 0 Å². The van der Waals surface area contributed by atoms with E-state index in [1.54, 1.807) is 0 Å². The average molecular weight is 321 g/mol. The Labute approximate surface area is 140 Å². The standard InChI is InChI=1S/C17H28N4S/c1-15-7-4-5-8-16(15)20-11-13-21(14-12-20)17(22)18-9-6-10-19(2)3/h4-5,7-8H,6,9-14H2,1-3H3,(H,18,22). The lowest BCUT2D eigenvalue weighted by atomic mass is 10.1. The van der Waals surface area contributed by atoms with Gasteiger partial charge in [-0.25, -0.2) is 0 Å². The van der Waals surface area contributed by atoms with Crippen molar-refractivity contribution >= 4 is 23.0 Å². The molecule has 1 fully saturated rings. The maximum absolute atomic E-state index is 5.52. The van der Waals surface area contributed by atoms with Crippen molar-refractivity contribution in [3.63, 3.8) is 0 Å². The Balaban J connectivity index is 1.75. The maximum atomic E-state index is 5.52. The Hall–Kier alpha value is -1.33. The van der Waals surface area contributed by atoms with Crippen molar-refractivity contribution in [1.29, 1.82) is 0 Å². The Morgan fingerprint density at radius 3 is 2.50 bits per heavy atom. The molecule has 2 rings (SSSR count). The van der Waals surface area contributed by atoms with Crippen LogP contribution < -0.4 is 10.2 Å². The van der Waals surface area contributed by atoms with Crippen LogP contribution in [0.1, 0.15) is 12.0 Å². The highest BCUT2D eigenvalue weighted by Crippen LogP contribution is 2.20. The van der Waals surface area contributed by atoms with Gasteiger partial charge >= 0.3 is 0 Å². The van der Waals surface area contributed by atoms with E-state index in [-0.39, 0.29) is 0 Å². The molecule has 4 nitrogen and oxygen atoms in total. The van der Waals surface area contributed by atoms with Gasteiger partial charge < -0.3 is 20.0 Å². The molecule has 0 bridgehead atoms. The molecule has 5 heteroatoms. The molecule has 1 aliphatic heterocycles. The molecule has 0 radical (unpaired) electrons. The fourth-order valence-electron chi connectivity index (χ4n) is 2.77. The molecule has 0 unspecified atom stereocenters. The molecular formula is C17H28N4S. The van der Waals surface area contributed by atoms with Crippen molar-refractivity contribution in [3.8, 4) is 0 Å². The number of piperazine rings is 1. The SMILES string of the molecule is Cc1ccccc1N1CCN(C(=S)NCCCN(C)C)CC1. The Morgan fingerprint density at radius 1 is 1.18 bits per heavy atom. The zero-order valence-electron chi connectivity index (χ0n) is 14.0. The number of nitrogens with zero attached hydrogens (tertiary/aromatic N) is 3. The first-order chi connectivity index (χ1) is 10.6. The minimum absolute atomic E-state index is 0.906. The highest BCUT2D eigenvalue weighted by molar-refractivity contribution is 7.80. The van der Waals surface area contributed by atoms with Crippen LogP contribution in [-0.4, -0.2) is 68.3 Å². The van der Waals surface area contributed by atoms with Gasteiger partial charge in [0.1, 0.15) is 0 Å². The molecule has 1 heterocycles. The van der Waals surface area contributed by atoms with Gasteiger partial charge in [-0.1, -0.05) is 18.2 Å². The summed E-state index contributed by atoms with van der Waals surface area (Å²) in [7, 11) is 4.20. The minimum atomic E-state index is 0.906. The third-order valence-electron chi connectivity index (χ3n) is 4.08. The Morgan fingerprint density at radius 2 is 1.86 bits per heavy atom. The molecule has 0 amide bonds. The van der Waals surface area contributed by atoms with E-state index in [0.717, 1.165) is 50.8 Å². The number of nitrogens with one attached hydrogen (secondary N) is 1. The number of hydrogen-bond donors (Lipinski definition) is 1. The second-order valence-electron chi connectivity index (χ2n) is 6.15. The summed E-state index contributed by atoms with van der Waals surface area (Å²) >= 11 is 5.52. The van der Waals surface area contributed by atoms with E-state index in [2.05, 4.69) is 65.3 Å². The number of anilines is 1. The van der Waals surface area contributed by atoms with E-state index in [9.17, 15) is 0 Å². The summed E-state index contributed by atoms with van der Waals surface area (Å²) in [5, 5.41) is 4.29. The first-order valence-corrected chi connectivity index (χ1v) is 8.47. The predicted octanol–water partition coefficient (Wildman–Crippen LogP) is 1.94. The van der Waals surface area contributed by atoms with Gasteiger partial charge in [0.05, 0.1) is 0 Å². The molecule has 0 saturated carbocycles. The number of benzene rings is 1. The van der Waals surface area contributed by atoms with Crippen LogP contribution in [0.5, 0.6) is 0 Å². The molecule has 122 valence electrons. The summed E-state index contributed by atoms with van der Waals surface area (Å²) in [5.41, 5.74) is 2.70. The molecule has 1 aromatic carbocycles. The van der Waals surface area contributed by atoms with Crippen molar-refractivity contribution in [2.75, 3.05) is 58.3 Å². The third-order valence-corrected chi connectivity index (χ3v) is 4.48. The van der Waals surface area contributed by atoms with Gasteiger partial charge in [-0.2, -0.15) is 0 Å². The van der Waals surface area contributed by atoms with Crippen molar-refractivity contribution < 1.29 is 0 Å². The Kier molecular flexibility index (Phi) is 6.46. The highest BCUT2D eigenvalue weighted by Gasteiger charge is 2.19. The van der Waals surface area contributed by atoms with Crippen LogP contribution in [0.25, 0.3) is 0 Å². The van der Waals surface area contributed by atoms with Gasteiger partial charge in [0.25, 0.3) is 0 Å². The molecule has 22 heavy (non-hydrogen) atoms. The molecule has 1 saturated heterocycles. The first kappa shape index (κ1) is 17.0. The molecular weight excluding hydrogens is 292 g/mol. The van der Waals surface area contributed by atoms with E-state index in [1.165, 1.54) is 11.3 Å². The second kappa shape index (κ2) is 8.34. The van der Waals surface area contributed by atoms with Crippen LogP contribution in [-0.2, 0) is 0 Å². The molecule has 1 N–H and O–H groups in total. The van der Waals surface area contributed by atoms with Crippen LogP contribution in [0.15, 0.2) is 24.3 Å². The van der Waals surface area contributed by atoms with Crippen LogP contribution in [0.4, 0.5) is 5.69 Å². The van der Waals surface area contributed by atoms with E-state index in [4.69, 9.17) is 12.2 Å². The topological polar surface area (TPSA) is 21.8 Å². The first-order valence-electron chi connectivity index (χ1n) is 8.06. The second-order valence-corrected chi connectivity index (χ2v) is 6.54. The molecule has 1 aromatic rings. The number of thiocarbonyl (C=S) groups is 1. The molecule has 0 aliphatic carbocycles. The van der Waals surface area contributed by atoms with Crippen LogP contribution in [0.2, 0.25) is 0 Å². The summed E-state index contributed by atoms with van der Waals surface area (Å²) < 4.78 is 0. The van der Waals surface area contributed by atoms with Gasteiger partial charge in [0, 0.05) is 38.4 Å². The van der Waals surface area contributed by atoms with Crippen molar-refractivity contribution in [2.24, 2.45) is 0 Å². The summed E-state index contributed by atoms with van der Waals surface area (Å²) in [5.74, 6) is 0. The lowest BCUT2D eigenvalue weighted by molar-refractivity contribution is 0.373. The molecule has 0 atom stereocenters. The lowest BCUT2D eigenvalue weighted by Crippen LogP contribution is -2.52. The summed E-state index contributed by atoms with van der Waals surface area (Å²) in [4.78, 5) is 6.95. The minimum Gasteiger partial charge on any atom is -0.368 e. The van der Waals surface area contributed by atoms with Gasteiger partial charge in [0.2, 0.25) is 0 Å². The maximum Gasteiger partial charge on any atom is 0.169 e. The van der Waals surface area contributed by atoms with Gasteiger partial charge in [0.15, 0.2) is 5.11 Å². The number of aryl methyl sites for hydroxylation is 1. The fourth-order valence-corrected chi connectivity index (χ4v) is 3.06. The number of hydrogen-bond acceptors (Lipinski definition) is 3. The van der Waals surface area contributed by atoms with Crippen LogP contribution in [0, 0.1) is 6.92 Å². The van der Waals surface area contributed by atoms with E-state index >= 15 is 0 Å². The molecule has 0 spiro atoms. The monoisotopic (exact) mass is 320 g/mol. The van der Waals surface area contributed by atoms with E-state index in [0.29, 0.717) is 0 Å². The van der Waals surface area contributed by atoms with E-state index in [1.807, 2.05) is 0 Å². The average Bonchev–Trinajstić information content (AvgIpc) is 2.52. The van der Waals surface area contributed by atoms with Crippen molar-refractivity contribution in [1.82, 2.24) is 15.1 Å². The van der Waals surface area contributed by atoms with Crippen LogP contribution >= 0.6 is 12.2 Å². The third kappa shape index (κ3) is 4.85. The predicted molar refractivity (Wildman–Crippen MR) is 98.7 cm³/mol. The summed E-state index contributed by atoms with van der Waals surface area (Å²) in [6.45, 7) is 8.28.